The van der Waals surface area contributed by atoms with Gasteiger partial charge in [-0.25, -0.2) is 0 Å². The first-order valence-corrected chi connectivity index (χ1v) is 22.5. The van der Waals surface area contributed by atoms with Gasteiger partial charge < -0.3 is 4.90 Å². The summed E-state index contributed by atoms with van der Waals surface area (Å²) in [5, 5.41) is 4.03. The highest BCUT2D eigenvalue weighted by Gasteiger charge is 2.39. The van der Waals surface area contributed by atoms with E-state index < -0.39 is 8.07 Å². The fourth-order valence-corrected chi connectivity index (χ4v) is 14.0. The van der Waals surface area contributed by atoms with Gasteiger partial charge in [-0.05, 0) is 103 Å². The van der Waals surface area contributed by atoms with Crippen LogP contribution in [0, 0.1) is 0 Å². The van der Waals surface area contributed by atoms with Crippen molar-refractivity contribution in [2.75, 3.05) is 4.90 Å². The van der Waals surface area contributed by atoms with Crippen LogP contribution in [0.15, 0.2) is 200 Å². The van der Waals surface area contributed by atoms with Crippen LogP contribution in [0.2, 0.25) is 0 Å². The zero-order valence-corrected chi connectivity index (χ0v) is 34.5. The third kappa shape index (κ3) is 5.64. The number of aromatic nitrogens is 1. The van der Waals surface area contributed by atoms with Gasteiger partial charge in [-0.3, -0.25) is 4.98 Å². The maximum absolute atomic E-state index is 5.20. The predicted octanol–water partition coefficient (Wildman–Crippen LogP) is 11.9. The zero-order valence-electron chi connectivity index (χ0n) is 33.5. The number of nitrogens with zero attached hydrogens (tertiary/aromatic N) is 2. The minimum absolute atomic E-state index is 0.116. The van der Waals surface area contributed by atoms with Gasteiger partial charge in [0.1, 0.15) is 0 Å². The molecule has 7 aromatic carbocycles. The van der Waals surface area contributed by atoms with E-state index in [4.69, 9.17) is 4.98 Å². The summed E-state index contributed by atoms with van der Waals surface area (Å²) in [5.74, 6) is 0. The molecule has 0 N–H and O–H groups in total. The Morgan fingerprint density at radius 2 is 0.810 bits per heavy atom. The molecule has 0 fully saturated rings. The maximum atomic E-state index is 5.20. The van der Waals surface area contributed by atoms with E-state index in [-0.39, 0.29) is 10.8 Å². The van der Waals surface area contributed by atoms with Crippen molar-refractivity contribution in [3.8, 4) is 22.3 Å². The fourth-order valence-electron chi connectivity index (χ4n) is 9.84. The van der Waals surface area contributed by atoms with Gasteiger partial charge in [0.05, 0.1) is 17.6 Å². The minimum atomic E-state index is -2.58. The van der Waals surface area contributed by atoms with Crippen LogP contribution in [0.25, 0.3) is 28.3 Å². The summed E-state index contributed by atoms with van der Waals surface area (Å²) in [6, 6.07) is 69.2. The second-order valence-electron chi connectivity index (χ2n) is 16.8. The first kappa shape index (κ1) is 35.8. The van der Waals surface area contributed by atoms with Gasteiger partial charge in [0.15, 0.2) is 8.07 Å². The maximum Gasteiger partial charge on any atom is 0.172 e. The molecule has 0 aliphatic heterocycles. The Morgan fingerprint density at radius 1 is 0.414 bits per heavy atom. The summed E-state index contributed by atoms with van der Waals surface area (Å²) in [4.78, 5) is 7.59. The molecular weight excluding hydrogens is 717 g/mol. The van der Waals surface area contributed by atoms with Crippen LogP contribution >= 0.6 is 0 Å². The number of pyridine rings is 1. The molecule has 0 radical (unpaired) electrons. The Kier molecular flexibility index (Phi) is 8.54. The van der Waals surface area contributed by atoms with Crippen molar-refractivity contribution in [1.29, 1.82) is 0 Å². The van der Waals surface area contributed by atoms with E-state index >= 15 is 0 Å². The molecule has 0 saturated carbocycles. The summed E-state index contributed by atoms with van der Waals surface area (Å²) in [6.07, 6.45) is 4.30. The molecule has 0 spiro atoms. The van der Waals surface area contributed by atoms with E-state index in [0.717, 1.165) is 22.8 Å². The zero-order chi connectivity index (χ0) is 39.5. The van der Waals surface area contributed by atoms with E-state index in [9.17, 15) is 0 Å². The van der Waals surface area contributed by atoms with Crippen molar-refractivity contribution >= 4 is 46.8 Å². The Bertz CT molecular complexity index is 2620. The predicted molar refractivity (Wildman–Crippen MR) is 247 cm³/mol. The second-order valence-corrected chi connectivity index (χ2v) is 20.5. The molecule has 8 aromatic rings. The molecular formula is C55H46N2Si. The molecule has 0 amide bonds. The molecule has 58 heavy (non-hydrogen) atoms. The molecule has 1 heterocycles. The average molecular weight is 763 g/mol. The lowest BCUT2D eigenvalue weighted by atomic mass is 9.82. The summed E-state index contributed by atoms with van der Waals surface area (Å²) in [5.41, 5.74) is 17.2. The van der Waals surface area contributed by atoms with Gasteiger partial charge in [0.2, 0.25) is 0 Å². The molecule has 2 aliphatic rings. The van der Waals surface area contributed by atoms with E-state index in [1.165, 1.54) is 60.1 Å². The molecule has 0 bridgehead atoms. The van der Waals surface area contributed by atoms with Crippen molar-refractivity contribution < 1.29 is 0 Å². The van der Waals surface area contributed by atoms with Crippen LogP contribution in [0.5, 0.6) is 0 Å². The molecule has 2 nitrogen and oxygen atoms in total. The lowest BCUT2D eigenvalue weighted by Crippen LogP contribution is -2.66. The van der Waals surface area contributed by atoms with Crippen LogP contribution in [0.1, 0.15) is 55.6 Å². The number of hydrogen-bond donors (Lipinski definition) is 0. The van der Waals surface area contributed by atoms with Crippen molar-refractivity contribution in [3.05, 3.63) is 228 Å². The van der Waals surface area contributed by atoms with Gasteiger partial charge in [-0.15, -0.1) is 0 Å². The second kappa shape index (κ2) is 13.8. The van der Waals surface area contributed by atoms with E-state index in [1.807, 2.05) is 0 Å². The summed E-state index contributed by atoms with van der Waals surface area (Å²) in [7, 11) is -2.58. The normalized spacial score (nSPS) is 14.4. The first-order chi connectivity index (χ1) is 28.3. The number of hydrogen-bond acceptors (Lipinski definition) is 2. The van der Waals surface area contributed by atoms with Crippen molar-refractivity contribution in [2.24, 2.45) is 0 Å². The number of anilines is 3. The Morgan fingerprint density at radius 3 is 1.24 bits per heavy atom. The molecule has 0 atom stereocenters. The van der Waals surface area contributed by atoms with Gasteiger partial charge in [-0.1, -0.05) is 185 Å². The van der Waals surface area contributed by atoms with E-state index in [2.05, 4.69) is 239 Å². The highest BCUT2D eigenvalue weighted by molar-refractivity contribution is 7.15. The van der Waals surface area contributed by atoms with Crippen LogP contribution in [0.3, 0.4) is 0 Å². The third-order valence-electron chi connectivity index (χ3n) is 12.9. The smallest absolute Gasteiger partial charge is 0.172 e. The molecule has 3 heteroatoms. The average Bonchev–Trinajstić information content (AvgIpc) is 3.64. The monoisotopic (exact) mass is 762 g/mol. The van der Waals surface area contributed by atoms with Crippen LogP contribution in [0.4, 0.5) is 17.1 Å². The molecule has 0 saturated heterocycles. The number of rotatable bonds is 8. The van der Waals surface area contributed by atoms with E-state index in [0.29, 0.717) is 0 Å². The van der Waals surface area contributed by atoms with Crippen LogP contribution in [-0.2, 0) is 10.8 Å². The number of benzene rings is 7. The van der Waals surface area contributed by atoms with E-state index in [1.54, 1.807) is 0 Å². The lowest BCUT2D eigenvalue weighted by Gasteiger charge is -2.31. The SMILES string of the molecule is CC1(C)c2ccccc2-c2ccc(N(c3ccc(/C=C/[Si](c4ccccc4)(c4ccccc4)c4ccccc4)nc3)c3ccc4c(c3)C(C)(C)c3ccccc3-4)cc21. The summed E-state index contributed by atoms with van der Waals surface area (Å²) < 4.78 is 0. The Hall–Kier alpha value is -6.55. The van der Waals surface area contributed by atoms with Gasteiger partial charge in [-0.2, -0.15) is 0 Å². The van der Waals surface area contributed by atoms with Gasteiger partial charge in [0.25, 0.3) is 0 Å². The molecule has 1 aromatic heterocycles. The van der Waals surface area contributed by atoms with Gasteiger partial charge >= 0.3 is 0 Å². The van der Waals surface area contributed by atoms with Crippen molar-refractivity contribution in [2.45, 2.75) is 38.5 Å². The summed E-state index contributed by atoms with van der Waals surface area (Å²) in [6.45, 7) is 9.42. The molecule has 2 aliphatic carbocycles. The van der Waals surface area contributed by atoms with Crippen LogP contribution in [-0.4, -0.2) is 13.1 Å². The first-order valence-electron chi connectivity index (χ1n) is 20.4. The van der Waals surface area contributed by atoms with Crippen molar-refractivity contribution in [3.63, 3.8) is 0 Å². The standard InChI is InChI=1S/C55H46N2Si/c1-54(2)50-26-16-14-24-46(50)48-32-30-40(36-52(48)54)57(41-31-33-49-47-25-15-17-27-51(47)55(3,4)53(49)37-41)42-29-28-39(56-38-42)34-35-58(43-18-8-5-9-19-43,44-20-10-6-11-21-44)45-22-12-7-13-23-45/h5-38H,1-4H3/b35-34+. The van der Waals surface area contributed by atoms with Gasteiger partial charge in [0, 0.05) is 22.2 Å². The Labute approximate surface area is 343 Å². The number of fused-ring (bicyclic) bond motifs is 6. The largest absolute Gasteiger partial charge is 0.309 e. The lowest BCUT2D eigenvalue weighted by molar-refractivity contribution is 0.660. The van der Waals surface area contributed by atoms with Crippen LogP contribution < -0.4 is 20.5 Å². The molecule has 10 rings (SSSR count). The molecule has 0 unspecified atom stereocenters. The topological polar surface area (TPSA) is 16.1 Å². The fraction of sp³-hybridized carbons (Fsp3) is 0.109. The molecule has 280 valence electrons. The highest BCUT2D eigenvalue weighted by atomic mass is 28.3. The Balaban J connectivity index is 1.10. The quantitative estimate of drug-likeness (QED) is 0.113. The summed E-state index contributed by atoms with van der Waals surface area (Å²) >= 11 is 0. The minimum Gasteiger partial charge on any atom is -0.309 e. The van der Waals surface area contributed by atoms with Crippen molar-refractivity contribution in [1.82, 2.24) is 4.98 Å². The highest BCUT2D eigenvalue weighted by Crippen LogP contribution is 2.53. The third-order valence-corrected chi connectivity index (χ3v) is 17.3.